The van der Waals surface area contributed by atoms with Crippen LogP contribution in [0.2, 0.25) is 0 Å². The van der Waals surface area contributed by atoms with Crippen LogP contribution in [0.25, 0.3) is 0 Å². The Kier molecular flexibility index (Phi) is 5.33. The first kappa shape index (κ1) is 15.5. The third kappa shape index (κ3) is 4.54. The van der Waals surface area contributed by atoms with Crippen LogP contribution in [0.3, 0.4) is 0 Å². The number of aliphatic hydroxyl groups is 1. The Hall–Kier alpha value is -1.58. The second kappa shape index (κ2) is 6.55. The van der Waals surface area contributed by atoms with Gasteiger partial charge in [0.1, 0.15) is 4.90 Å². The summed E-state index contributed by atoms with van der Waals surface area (Å²) in [5.41, 5.74) is 0. The third-order valence-corrected chi connectivity index (χ3v) is 3.87. The molecular weight excluding hydrogens is 274 g/mol. The molecule has 0 aliphatic heterocycles. The van der Waals surface area contributed by atoms with Gasteiger partial charge in [0.05, 0.1) is 0 Å². The number of rotatable bonds is 7. The molecule has 1 rings (SSSR count). The van der Waals surface area contributed by atoms with Crippen LogP contribution in [0.4, 0.5) is 5.82 Å². The van der Waals surface area contributed by atoms with Crippen molar-refractivity contribution in [2.24, 2.45) is 5.92 Å². The lowest BCUT2D eigenvalue weighted by atomic mass is 10.1. The molecule has 0 bridgehead atoms. The van der Waals surface area contributed by atoms with Crippen LogP contribution in [0.1, 0.15) is 13.3 Å². The van der Waals surface area contributed by atoms with Crippen molar-refractivity contribution in [1.29, 1.82) is 0 Å². The van der Waals surface area contributed by atoms with Gasteiger partial charge in [0.2, 0.25) is 10.0 Å². The van der Waals surface area contributed by atoms with E-state index in [1.165, 1.54) is 0 Å². The number of sulfonamides is 1. The summed E-state index contributed by atoms with van der Waals surface area (Å²) in [5.74, 6) is -0.418. The van der Waals surface area contributed by atoms with Crippen molar-refractivity contribution in [3.05, 3.63) is 28.4 Å². The van der Waals surface area contributed by atoms with E-state index < -0.39 is 20.8 Å². The molecule has 0 saturated carbocycles. The van der Waals surface area contributed by atoms with Crippen LogP contribution in [0.5, 0.6) is 0 Å². The topological polar surface area (TPSA) is 122 Å². The van der Waals surface area contributed by atoms with Crippen LogP contribution in [0.15, 0.2) is 23.2 Å². The molecule has 0 amide bonds. The van der Waals surface area contributed by atoms with Gasteiger partial charge in [-0.1, -0.05) is 6.92 Å². The van der Waals surface area contributed by atoms with E-state index in [4.69, 9.17) is 5.11 Å². The average Bonchev–Trinajstić information content (AvgIpc) is 2.37. The fourth-order valence-corrected chi connectivity index (χ4v) is 2.41. The summed E-state index contributed by atoms with van der Waals surface area (Å²) in [7, 11) is -3.73. The molecule has 0 aliphatic rings. The minimum absolute atomic E-state index is 0.00853. The molecule has 1 heterocycles. The molecule has 19 heavy (non-hydrogen) atoms. The maximum absolute atomic E-state index is 11.8. The van der Waals surface area contributed by atoms with E-state index in [1.807, 2.05) is 0 Å². The van der Waals surface area contributed by atoms with Gasteiger partial charge in [-0.15, -0.1) is 0 Å². The molecule has 1 aromatic rings. The van der Waals surface area contributed by atoms with Gasteiger partial charge in [0, 0.05) is 19.2 Å². The molecule has 0 radical (unpaired) electrons. The number of hydrogen-bond donors (Lipinski definition) is 2. The number of aromatic nitrogens is 1. The van der Waals surface area contributed by atoms with E-state index in [2.05, 4.69) is 9.71 Å². The van der Waals surface area contributed by atoms with E-state index in [0.29, 0.717) is 6.42 Å². The lowest BCUT2D eigenvalue weighted by molar-refractivity contribution is -0.389. The molecule has 2 N–H and O–H groups in total. The minimum atomic E-state index is -3.73. The van der Waals surface area contributed by atoms with Crippen molar-refractivity contribution < 1.29 is 18.4 Å². The van der Waals surface area contributed by atoms with Crippen LogP contribution in [0, 0.1) is 16.0 Å². The van der Waals surface area contributed by atoms with Crippen LogP contribution < -0.4 is 4.72 Å². The minimum Gasteiger partial charge on any atom is -0.396 e. The maximum Gasteiger partial charge on any atom is 0.363 e. The van der Waals surface area contributed by atoms with E-state index in [9.17, 15) is 18.5 Å². The molecule has 106 valence electrons. The Morgan fingerprint density at radius 2 is 2.21 bits per heavy atom. The van der Waals surface area contributed by atoms with Crippen molar-refractivity contribution in [2.45, 2.75) is 18.2 Å². The highest BCUT2D eigenvalue weighted by atomic mass is 32.2. The van der Waals surface area contributed by atoms with Crippen LogP contribution in [-0.2, 0) is 10.0 Å². The summed E-state index contributed by atoms with van der Waals surface area (Å²) < 4.78 is 26.0. The van der Waals surface area contributed by atoms with Gasteiger partial charge in [-0.3, -0.25) is 0 Å². The first-order chi connectivity index (χ1) is 8.86. The standard InChI is InChI=1S/C10H15N3O5S/c1-8(4-5-14)6-12-19(17,18)9-2-3-10(11-7-9)13(15)16/h2-3,7-8,12,14H,4-6H2,1H3. The fourth-order valence-electron chi connectivity index (χ4n) is 1.30. The van der Waals surface area contributed by atoms with Crippen molar-refractivity contribution in [1.82, 2.24) is 9.71 Å². The van der Waals surface area contributed by atoms with Crippen molar-refractivity contribution >= 4 is 15.8 Å². The molecule has 0 spiro atoms. The van der Waals surface area contributed by atoms with Crippen LogP contribution in [-0.4, -0.2) is 36.6 Å². The Labute approximate surface area is 110 Å². The number of nitrogens with zero attached hydrogens (tertiary/aromatic N) is 2. The Bertz CT molecular complexity index is 529. The van der Waals surface area contributed by atoms with Crippen molar-refractivity contribution in [3.63, 3.8) is 0 Å². The molecule has 8 nitrogen and oxygen atoms in total. The number of hydrogen-bond acceptors (Lipinski definition) is 6. The summed E-state index contributed by atoms with van der Waals surface area (Å²) in [6.45, 7) is 1.97. The van der Waals surface area contributed by atoms with Gasteiger partial charge < -0.3 is 15.2 Å². The molecule has 1 atom stereocenters. The Morgan fingerprint density at radius 3 is 2.68 bits per heavy atom. The molecule has 1 aromatic heterocycles. The normalized spacial score (nSPS) is 13.2. The van der Waals surface area contributed by atoms with E-state index in [0.717, 1.165) is 18.3 Å². The Morgan fingerprint density at radius 1 is 1.53 bits per heavy atom. The largest absolute Gasteiger partial charge is 0.396 e. The first-order valence-electron chi connectivity index (χ1n) is 5.58. The average molecular weight is 289 g/mol. The SMILES string of the molecule is CC(CCO)CNS(=O)(=O)c1ccc([N+](=O)[O-])nc1. The molecule has 0 fully saturated rings. The lowest BCUT2D eigenvalue weighted by Crippen LogP contribution is -2.28. The van der Waals surface area contributed by atoms with Gasteiger partial charge in [-0.05, 0) is 28.3 Å². The van der Waals surface area contributed by atoms with Gasteiger partial charge in [-0.25, -0.2) is 13.1 Å². The fraction of sp³-hybridized carbons (Fsp3) is 0.500. The summed E-state index contributed by atoms with van der Waals surface area (Å²) in [4.78, 5) is 13.0. The quantitative estimate of drug-likeness (QED) is 0.549. The molecule has 0 aliphatic carbocycles. The third-order valence-electron chi connectivity index (χ3n) is 2.46. The van der Waals surface area contributed by atoms with E-state index in [1.54, 1.807) is 6.92 Å². The monoisotopic (exact) mass is 289 g/mol. The highest BCUT2D eigenvalue weighted by molar-refractivity contribution is 7.89. The van der Waals surface area contributed by atoms with Crippen molar-refractivity contribution in [2.75, 3.05) is 13.2 Å². The maximum atomic E-state index is 11.8. The highest BCUT2D eigenvalue weighted by Gasteiger charge is 2.18. The molecule has 0 saturated heterocycles. The Balaban J connectivity index is 2.74. The number of nitro groups is 1. The molecule has 0 aromatic carbocycles. The number of nitrogens with one attached hydrogen (secondary N) is 1. The van der Waals surface area contributed by atoms with Gasteiger partial charge in [0.15, 0.2) is 6.20 Å². The summed E-state index contributed by atoms with van der Waals surface area (Å²) in [6, 6.07) is 2.16. The highest BCUT2D eigenvalue weighted by Crippen LogP contribution is 2.12. The van der Waals surface area contributed by atoms with Crippen molar-refractivity contribution in [3.8, 4) is 0 Å². The zero-order valence-corrected chi connectivity index (χ0v) is 11.1. The lowest BCUT2D eigenvalue weighted by Gasteiger charge is -2.10. The van der Waals surface area contributed by atoms with Crippen LogP contribution >= 0.6 is 0 Å². The molecular formula is C10H15N3O5S. The van der Waals surface area contributed by atoms with Gasteiger partial charge in [-0.2, -0.15) is 0 Å². The number of aliphatic hydroxyl groups excluding tert-OH is 1. The summed E-state index contributed by atoms with van der Waals surface area (Å²) in [6.07, 6.45) is 1.43. The predicted molar refractivity (Wildman–Crippen MR) is 66.9 cm³/mol. The zero-order valence-electron chi connectivity index (χ0n) is 10.3. The van der Waals surface area contributed by atoms with E-state index in [-0.39, 0.29) is 24.0 Å². The first-order valence-corrected chi connectivity index (χ1v) is 7.06. The van der Waals surface area contributed by atoms with Gasteiger partial charge >= 0.3 is 5.82 Å². The molecule has 9 heteroatoms. The number of pyridine rings is 1. The molecule has 1 unspecified atom stereocenters. The van der Waals surface area contributed by atoms with Gasteiger partial charge in [0.25, 0.3) is 0 Å². The smallest absolute Gasteiger partial charge is 0.363 e. The zero-order chi connectivity index (χ0) is 14.5. The predicted octanol–water partition coefficient (Wildman–Crippen LogP) is 0.287. The summed E-state index contributed by atoms with van der Waals surface area (Å²) in [5, 5.41) is 19.1. The van der Waals surface area contributed by atoms with E-state index >= 15 is 0 Å². The second-order valence-corrected chi connectivity index (χ2v) is 5.85. The second-order valence-electron chi connectivity index (χ2n) is 4.08. The summed E-state index contributed by atoms with van der Waals surface area (Å²) >= 11 is 0.